The molecular weight excluding hydrogens is 174 g/mol. The van der Waals surface area contributed by atoms with Crippen LogP contribution >= 0.6 is 11.8 Å². The topological polar surface area (TPSA) is 62.7 Å². The largest absolute Gasteiger partial charge is 0.357 e. The summed E-state index contributed by atoms with van der Waals surface area (Å²) in [7, 11) is 3.55. The molecular formula is C6H11N5S. The molecule has 12 heavy (non-hydrogen) atoms. The van der Waals surface area contributed by atoms with E-state index >= 15 is 0 Å². The Morgan fingerprint density at radius 2 is 1.50 bits per heavy atom. The van der Waals surface area contributed by atoms with Crippen LogP contribution in [0, 0.1) is 0 Å². The minimum atomic E-state index is 0.582. The van der Waals surface area contributed by atoms with Crippen LogP contribution in [-0.2, 0) is 0 Å². The molecule has 1 aromatic heterocycles. The smallest absolute Gasteiger partial charge is 0.228 e. The lowest BCUT2D eigenvalue weighted by atomic mass is 10.8. The number of hydrogen-bond donors (Lipinski definition) is 2. The van der Waals surface area contributed by atoms with Gasteiger partial charge in [-0.3, -0.25) is 0 Å². The predicted octanol–water partition coefficient (Wildman–Crippen LogP) is 0.677. The van der Waals surface area contributed by atoms with Crippen molar-refractivity contribution < 1.29 is 0 Å². The molecule has 0 saturated carbocycles. The van der Waals surface area contributed by atoms with Crippen LogP contribution in [0.15, 0.2) is 5.16 Å². The van der Waals surface area contributed by atoms with E-state index in [1.165, 1.54) is 11.8 Å². The van der Waals surface area contributed by atoms with E-state index in [0.29, 0.717) is 17.1 Å². The molecule has 6 heteroatoms. The van der Waals surface area contributed by atoms with Gasteiger partial charge in [0, 0.05) is 14.1 Å². The highest BCUT2D eigenvalue weighted by Gasteiger charge is 2.01. The van der Waals surface area contributed by atoms with Crippen molar-refractivity contribution in [1.29, 1.82) is 0 Å². The molecule has 0 aliphatic heterocycles. The number of rotatable bonds is 3. The van der Waals surface area contributed by atoms with Crippen LogP contribution in [-0.4, -0.2) is 35.3 Å². The lowest BCUT2D eigenvalue weighted by Crippen LogP contribution is -2.04. The number of hydrogen-bond acceptors (Lipinski definition) is 6. The van der Waals surface area contributed by atoms with E-state index in [1.807, 2.05) is 6.26 Å². The van der Waals surface area contributed by atoms with Crippen LogP contribution in [0.25, 0.3) is 0 Å². The molecule has 66 valence electrons. The molecule has 2 N–H and O–H groups in total. The van der Waals surface area contributed by atoms with E-state index in [4.69, 9.17) is 0 Å². The Morgan fingerprint density at radius 1 is 1.00 bits per heavy atom. The first-order valence-electron chi connectivity index (χ1n) is 3.45. The Kier molecular flexibility index (Phi) is 3.09. The van der Waals surface area contributed by atoms with Gasteiger partial charge in [-0.1, -0.05) is 11.8 Å². The molecule has 5 nitrogen and oxygen atoms in total. The van der Waals surface area contributed by atoms with Crippen LogP contribution in [0.2, 0.25) is 0 Å². The molecule has 0 aromatic carbocycles. The fourth-order valence-corrected chi connectivity index (χ4v) is 1.03. The summed E-state index contributed by atoms with van der Waals surface area (Å²) in [6, 6.07) is 0. The molecule has 0 amide bonds. The van der Waals surface area contributed by atoms with Gasteiger partial charge in [-0.25, -0.2) is 0 Å². The van der Waals surface area contributed by atoms with Crippen LogP contribution in [0.1, 0.15) is 0 Å². The van der Waals surface area contributed by atoms with Gasteiger partial charge < -0.3 is 10.6 Å². The van der Waals surface area contributed by atoms with Gasteiger partial charge >= 0.3 is 0 Å². The minimum absolute atomic E-state index is 0.582. The Morgan fingerprint density at radius 3 is 1.83 bits per heavy atom. The van der Waals surface area contributed by atoms with E-state index in [0.717, 1.165) is 0 Å². The standard InChI is InChI=1S/C6H11N5S/c1-7-4-9-5(8-2)11-6(10-4)12-3/h1-3H3,(H2,7,8,9,10,11). The zero-order valence-electron chi connectivity index (χ0n) is 7.25. The molecule has 0 spiro atoms. The predicted molar refractivity (Wildman–Crippen MR) is 50.7 cm³/mol. The van der Waals surface area contributed by atoms with Crippen LogP contribution in [0.3, 0.4) is 0 Å². The highest BCUT2D eigenvalue weighted by Crippen LogP contribution is 2.12. The zero-order valence-corrected chi connectivity index (χ0v) is 8.07. The van der Waals surface area contributed by atoms with E-state index in [1.54, 1.807) is 14.1 Å². The highest BCUT2D eigenvalue weighted by atomic mass is 32.2. The van der Waals surface area contributed by atoms with Gasteiger partial charge in [-0.05, 0) is 6.26 Å². The maximum absolute atomic E-state index is 4.11. The van der Waals surface area contributed by atoms with Crippen molar-refractivity contribution in [2.45, 2.75) is 5.16 Å². The molecule has 1 aromatic rings. The fraction of sp³-hybridized carbons (Fsp3) is 0.500. The lowest BCUT2D eigenvalue weighted by molar-refractivity contribution is 0.915. The zero-order chi connectivity index (χ0) is 8.97. The van der Waals surface area contributed by atoms with Crippen molar-refractivity contribution in [2.75, 3.05) is 31.0 Å². The third kappa shape index (κ3) is 1.97. The first-order valence-corrected chi connectivity index (χ1v) is 4.68. The fourth-order valence-electron chi connectivity index (χ4n) is 0.671. The molecule has 1 rings (SSSR count). The summed E-state index contributed by atoms with van der Waals surface area (Å²) in [6.45, 7) is 0. The summed E-state index contributed by atoms with van der Waals surface area (Å²) >= 11 is 1.49. The summed E-state index contributed by atoms with van der Waals surface area (Å²) in [5.41, 5.74) is 0. The molecule has 0 aliphatic carbocycles. The number of nitrogens with one attached hydrogen (secondary N) is 2. The van der Waals surface area contributed by atoms with E-state index in [9.17, 15) is 0 Å². The lowest BCUT2D eigenvalue weighted by Gasteiger charge is -2.03. The van der Waals surface area contributed by atoms with Crippen molar-refractivity contribution in [3.63, 3.8) is 0 Å². The molecule has 0 radical (unpaired) electrons. The van der Waals surface area contributed by atoms with Gasteiger partial charge in [-0.15, -0.1) is 0 Å². The monoisotopic (exact) mass is 185 g/mol. The van der Waals surface area contributed by atoms with Crippen LogP contribution in [0.5, 0.6) is 0 Å². The average molecular weight is 185 g/mol. The van der Waals surface area contributed by atoms with E-state index in [-0.39, 0.29) is 0 Å². The number of thioether (sulfide) groups is 1. The number of aromatic nitrogens is 3. The van der Waals surface area contributed by atoms with Crippen LogP contribution < -0.4 is 10.6 Å². The molecule has 0 atom stereocenters. The number of nitrogens with zero attached hydrogens (tertiary/aromatic N) is 3. The Balaban J connectivity index is 3.01. The molecule has 1 heterocycles. The van der Waals surface area contributed by atoms with Gasteiger partial charge in [0.15, 0.2) is 5.16 Å². The van der Waals surface area contributed by atoms with Crippen LogP contribution in [0.4, 0.5) is 11.9 Å². The van der Waals surface area contributed by atoms with E-state index < -0.39 is 0 Å². The summed E-state index contributed by atoms with van der Waals surface area (Å²) in [6.07, 6.45) is 1.92. The SMILES string of the molecule is CNc1nc(NC)nc(SC)n1. The second-order valence-corrected chi connectivity index (χ2v) is 2.74. The van der Waals surface area contributed by atoms with Gasteiger partial charge in [0.2, 0.25) is 11.9 Å². The molecule has 0 aliphatic rings. The van der Waals surface area contributed by atoms with Crippen molar-refractivity contribution >= 4 is 23.7 Å². The quantitative estimate of drug-likeness (QED) is 0.675. The Bertz CT molecular complexity index is 209. The molecule has 0 unspecified atom stereocenters. The van der Waals surface area contributed by atoms with Gasteiger partial charge in [0.25, 0.3) is 0 Å². The van der Waals surface area contributed by atoms with Gasteiger partial charge in [0.1, 0.15) is 0 Å². The normalized spacial score (nSPS) is 9.58. The summed E-state index contributed by atoms with van der Waals surface area (Å²) in [5.74, 6) is 1.16. The minimum Gasteiger partial charge on any atom is -0.357 e. The maximum Gasteiger partial charge on any atom is 0.228 e. The Hall–Kier alpha value is -1.04. The second-order valence-electron chi connectivity index (χ2n) is 1.97. The second kappa shape index (κ2) is 4.10. The van der Waals surface area contributed by atoms with Gasteiger partial charge in [0.05, 0.1) is 0 Å². The van der Waals surface area contributed by atoms with Crippen molar-refractivity contribution in [2.24, 2.45) is 0 Å². The maximum atomic E-state index is 4.11. The Labute approximate surface area is 75.4 Å². The summed E-state index contributed by atoms with van der Waals surface area (Å²) < 4.78 is 0. The van der Waals surface area contributed by atoms with E-state index in [2.05, 4.69) is 25.6 Å². The molecule has 0 bridgehead atoms. The third-order valence-corrected chi connectivity index (χ3v) is 1.79. The number of anilines is 2. The van der Waals surface area contributed by atoms with Crippen molar-refractivity contribution in [1.82, 2.24) is 15.0 Å². The summed E-state index contributed by atoms with van der Waals surface area (Å²) in [5, 5.41) is 6.43. The van der Waals surface area contributed by atoms with Crippen molar-refractivity contribution in [3.05, 3.63) is 0 Å². The molecule has 0 saturated heterocycles. The summed E-state index contributed by atoms with van der Waals surface area (Å²) in [4.78, 5) is 12.3. The van der Waals surface area contributed by atoms with Crippen molar-refractivity contribution in [3.8, 4) is 0 Å². The molecule has 0 fully saturated rings. The highest BCUT2D eigenvalue weighted by molar-refractivity contribution is 7.98. The average Bonchev–Trinajstić information content (AvgIpc) is 2.16. The first kappa shape index (κ1) is 9.05. The first-order chi connectivity index (χ1) is 5.80. The van der Waals surface area contributed by atoms with Gasteiger partial charge in [-0.2, -0.15) is 15.0 Å². The third-order valence-electron chi connectivity index (χ3n) is 1.24.